The number of aromatic nitrogens is 2. The van der Waals surface area contributed by atoms with E-state index in [0.717, 1.165) is 22.7 Å². The number of hydrogen-bond donors (Lipinski definition) is 1. The normalized spacial score (nSPS) is 17.1. The summed E-state index contributed by atoms with van der Waals surface area (Å²) in [7, 11) is 0. The van der Waals surface area contributed by atoms with Crippen molar-refractivity contribution in [2.24, 2.45) is 0 Å². The van der Waals surface area contributed by atoms with Crippen molar-refractivity contribution in [3.63, 3.8) is 0 Å². The molecule has 1 N–H and O–H groups in total. The lowest BCUT2D eigenvalue weighted by Gasteiger charge is -2.35. The van der Waals surface area contributed by atoms with Gasteiger partial charge in [0.15, 0.2) is 0 Å². The van der Waals surface area contributed by atoms with Gasteiger partial charge in [0.25, 0.3) is 0 Å². The molecule has 92 valence electrons. The number of rotatable bonds is 3. The van der Waals surface area contributed by atoms with Crippen molar-refractivity contribution in [2.45, 2.75) is 24.7 Å². The van der Waals surface area contributed by atoms with Gasteiger partial charge in [-0.2, -0.15) is 0 Å². The Labute approximate surface area is 108 Å². The van der Waals surface area contributed by atoms with Gasteiger partial charge in [-0.3, -0.25) is 9.78 Å². The molecule has 1 saturated carbocycles. The number of pyridine rings is 1. The lowest BCUT2D eigenvalue weighted by Crippen LogP contribution is -2.42. The maximum atomic E-state index is 11.4. The molecule has 1 aliphatic rings. The van der Waals surface area contributed by atoms with Crippen LogP contribution in [0.4, 0.5) is 0 Å². The van der Waals surface area contributed by atoms with Gasteiger partial charge in [0.05, 0.1) is 5.69 Å². The molecule has 4 nitrogen and oxygen atoms in total. The number of aliphatic carboxylic acids is 1. The summed E-state index contributed by atoms with van der Waals surface area (Å²) in [5.74, 6) is -0.749. The second-order valence-corrected chi connectivity index (χ2v) is 5.38. The van der Waals surface area contributed by atoms with E-state index in [2.05, 4.69) is 9.97 Å². The Bertz CT molecular complexity index is 576. The number of thiazole rings is 1. The van der Waals surface area contributed by atoms with Crippen LogP contribution in [-0.2, 0) is 10.2 Å². The molecular formula is C13H12N2O2S. The van der Waals surface area contributed by atoms with Crippen molar-refractivity contribution in [1.29, 1.82) is 0 Å². The van der Waals surface area contributed by atoms with Gasteiger partial charge >= 0.3 is 5.97 Å². The summed E-state index contributed by atoms with van der Waals surface area (Å²) >= 11 is 1.44. The number of carbonyl (C=O) groups is 1. The molecular weight excluding hydrogens is 248 g/mol. The molecule has 1 fully saturated rings. The monoisotopic (exact) mass is 260 g/mol. The smallest absolute Gasteiger partial charge is 0.316 e. The van der Waals surface area contributed by atoms with Gasteiger partial charge in [-0.15, -0.1) is 11.3 Å². The Morgan fingerprint density at radius 2 is 2.28 bits per heavy atom. The fraction of sp³-hybridized carbons (Fsp3) is 0.308. The number of carboxylic acids is 1. The summed E-state index contributed by atoms with van der Waals surface area (Å²) < 4.78 is 0. The van der Waals surface area contributed by atoms with E-state index in [0.29, 0.717) is 12.8 Å². The van der Waals surface area contributed by atoms with Crippen molar-refractivity contribution >= 4 is 17.3 Å². The van der Waals surface area contributed by atoms with Crippen molar-refractivity contribution < 1.29 is 9.90 Å². The number of carboxylic acid groups (broad SMARTS) is 1. The van der Waals surface area contributed by atoms with Gasteiger partial charge < -0.3 is 5.11 Å². The minimum atomic E-state index is -0.749. The summed E-state index contributed by atoms with van der Waals surface area (Å²) in [6.07, 6.45) is 5.81. The third-order valence-electron chi connectivity index (χ3n) is 3.49. The Kier molecular flexibility index (Phi) is 2.63. The van der Waals surface area contributed by atoms with E-state index in [1.807, 2.05) is 17.5 Å². The van der Waals surface area contributed by atoms with Crippen LogP contribution in [0, 0.1) is 0 Å². The molecule has 5 heteroatoms. The third-order valence-corrected chi connectivity index (χ3v) is 4.53. The van der Waals surface area contributed by atoms with Crippen molar-refractivity contribution in [1.82, 2.24) is 9.97 Å². The van der Waals surface area contributed by atoms with Crippen molar-refractivity contribution in [3.05, 3.63) is 34.9 Å². The molecule has 18 heavy (non-hydrogen) atoms. The maximum absolute atomic E-state index is 11.4. The minimum Gasteiger partial charge on any atom is -0.481 e. The molecule has 0 aliphatic heterocycles. The van der Waals surface area contributed by atoms with Crippen molar-refractivity contribution in [3.8, 4) is 11.3 Å². The maximum Gasteiger partial charge on any atom is 0.316 e. The van der Waals surface area contributed by atoms with Gasteiger partial charge in [0, 0.05) is 23.3 Å². The zero-order valence-corrected chi connectivity index (χ0v) is 10.5. The molecule has 2 aromatic rings. The Balaban J connectivity index is 1.97. The van der Waals surface area contributed by atoms with Gasteiger partial charge in [-0.05, 0) is 25.0 Å². The van der Waals surface area contributed by atoms with Crippen molar-refractivity contribution in [2.75, 3.05) is 0 Å². The summed E-state index contributed by atoms with van der Waals surface area (Å²) in [5.41, 5.74) is 1.01. The van der Waals surface area contributed by atoms with E-state index < -0.39 is 11.4 Å². The summed E-state index contributed by atoms with van der Waals surface area (Å²) in [5, 5.41) is 12.0. The quantitative estimate of drug-likeness (QED) is 0.921. The highest BCUT2D eigenvalue weighted by Crippen LogP contribution is 2.45. The van der Waals surface area contributed by atoms with Crippen LogP contribution in [0.2, 0.25) is 0 Å². The van der Waals surface area contributed by atoms with Gasteiger partial charge in [0.1, 0.15) is 10.4 Å². The SMILES string of the molecule is O=C(O)C1(c2nc(-c3cccnc3)cs2)CCC1. The van der Waals surface area contributed by atoms with E-state index in [1.165, 1.54) is 11.3 Å². The lowest BCUT2D eigenvalue weighted by molar-refractivity contribution is -0.147. The first-order chi connectivity index (χ1) is 8.72. The van der Waals surface area contributed by atoms with Gasteiger partial charge in [0.2, 0.25) is 0 Å². The average molecular weight is 260 g/mol. The second kappa shape index (κ2) is 4.17. The molecule has 0 saturated heterocycles. The standard InChI is InChI=1S/C13H12N2O2S/c16-12(17)13(4-2-5-13)11-15-10(8-18-11)9-3-1-6-14-7-9/h1,3,6-8H,2,4-5H2,(H,16,17). The summed E-state index contributed by atoms with van der Waals surface area (Å²) in [6.45, 7) is 0. The highest BCUT2D eigenvalue weighted by molar-refractivity contribution is 7.10. The van der Waals surface area contributed by atoms with E-state index in [-0.39, 0.29) is 0 Å². The van der Waals surface area contributed by atoms with Crippen LogP contribution in [-0.4, -0.2) is 21.0 Å². The fourth-order valence-electron chi connectivity index (χ4n) is 2.19. The highest BCUT2D eigenvalue weighted by atomic mass is 32.1. The molecule has 2 heterocycles. The fourth-order valence-corrected chi connectivity index (χ4v) is 3.27. The predicted octanol–water partition coefficient (Wildman–Crippen LogP) is 2.71. The van der Waals surface area contributed by atoms with Crippen LogP contribution in [0.5, 0.6) is 0 Å². The van der Waals surface area contributed by atoms with Crippen LogP contribution in [0.15, 0.2) is 29.9 Å². The first-order valence-corrected chi connectivity index (χ1v) is 6.70. The summed E-state index contributed by atoms with van der Waals surface area (Å²) in [4.78, 5) is 19.9. The largest absolute Gasteiger partial charge is 0.481 e. The highest BCUT2D eigenvalue weighted by Gasteiger charge is 2.48. The third kappa shape index (κ3) is 1.62. The molecule has 0 spiro atoms. The molecule has 0 atom stereocenters. The molecule has 0 bridgehead atoms. The molecule has 0 aromatic carbocycles. The van der Waals surface area contributed by atoms with Gasteiger partial charge in [-0.1, -0.05) is 6.42 Å². The van der Waals surface area contributed by atoms with Gasteiger partial charge in [-0.25, -0.2) is 4.98 Å². The van der Waals surface area contributed by atoms with Crippen LogP contribution in [0.1, 0.15) is 24.3 Å². The molecule has 3 rings (SSSR count). The number of hydrogen-bond acceptors (Lipinski definition) is 4. The predicted molar refractivity (Wildman–Crippen MR) is 68.5 cm³/mol. The second-order valence-electron chi connectivity index (χ2n) is 4.52. The molecule has 2 aromatic heterocycles. The van der Waals surface area contributed by atoms with Crippen LogP contribution in [0.3, 0.4) is 0 Å². The summed E-state index contributed by atoms with van der Waals surface area (Å²) in [6, 6.07) is 3.78. The molecule has 0 unspecified atom stereocenters. The minimum absolute atomic E-state index is 0.697. The Morgan fingerprint density at radius 3 is 2.83 bits per heavy atom. The van der Waals surface area contributed by atoms with E-state index in [9.17, 15) is 9.90 Å². The van der Waals surface area contributed by atoms with E-state index in [1.54, 1.807) is 12.4 Å². The Hall–Kier alpha value is -1.75. The first-order valence-electron chi connectivity index (χ1n) is 5.82. The molecule has 0 amide bonds. The molecule has 1 aliphatic carbocycles. The van der Waals surface area contributed by atoms with Crippen LogP contribution < -0.4 is 0 Å². The Morgan fingerprint density at radius 1 is 1.44 bits per heavy atom. The molecule has 0 radical (unpaired) electrons. The number of nitrogens with zero attached hydrogens (tertiary/aromatic N) is 2. The zero-order valence-electron chi connectivity index (χ0n) is 9.67. The average Bonchev–Trinajstić information content (AvgIpc) is 2.78. The van der Waals surface area contributed by atoms with E-state index in [4.69, 9.17) is 0 Å². The zero-order chi connectivity index (χ0) is 12.6. The topological polar surface area (TPSA) is 63.1 Å². The lowest BCUT2D eigenvalue weighted by atomic mass is 9.69. The van der Waals surface area contributed by atoms with Crippen LogP contribution >= 0.6 is 11.3 Å². The van der Waals surface area contributed by atoms with Crippen LogP contribution in [0.25, 0.3) is 11.3 Å². The first kappa shape index (κ1) is 11.3. The van der Waals surface area contributed by atoms with E-state index >= 15 is 0 Å².